The van der Waals surface area contributed by atoms with Gasteiger partial charge in [-0.2, -0.15) is 0 Å². The van der Waals surface area contributed by atoms with Crippen LogP contribution < -0.4 is 10.7 Å². The Morgan fingerprint density at radius 2 is 2.40 bits per heavy atom. The molecule has 0 aliphatic carbocycles. The topological polar surface area (TPSA) is 77.5 Å². The largest absolute Gasteiger partial charge is 0.473 e. The monoisotopic (exact) mass is 139 g/mol. The number of aromatic nitrogens is 1. The third-order valence-electron chi connectivity index (χ3n) is 1.10. The molecule has 0 unspecified atom stereocenters. The predicted octanol–water partition coefficient (Wildman–Crippen LogP) is -0.219. The van der Waals surface area contributed by atoms with E-state index in [2.05, 4.69) is 4.98 Å². The van der Waals surface area contributed by atoms with Gasteiger partial charge in [0.25, 0.3) is 0 Å². The number of hydrogen-bond donors (Lipinski definition) is 2. The second-order valence-electron chi connectivity index (χ2n) is 1.81. The first-order valence-electron chi connectivity index (χ1n) is 2.71. The number of carboxylic acid groups (broad SMARTS) is 1. The van der Waals surface area contributed by atoms with E-state index in [9.17, 15) is 4.79 Å². The first kappa shape index (κ1) is 6.54. The van der Waals surface area contributed by atoms with Crippen LogP contribution in [0, 0.1) is 0 Å². The molecule has 0 amide bonds. The molecular weight excluding hydrogens is 132 g/mol. The summed E-state index contributed by atoms with van der Waals surface area (Å²) in [5.41, 5.74) is 5.58. The molecule has 52 valence electrons. The Kier molecular flexibility index (Phi) is 1.53. The summed E-state index contributed by atoms with van der Waals surface area (Å²) in [4.78, 5) is 12.8. The molecule has 4 N–H and O–H groups in total. The Morgan fingerprint density at radius 1 is 1.70 bits per heavy atom. The van der Waals surface area contributed by atoms with Crippen molar-refractivity contribution in [3.63, 3.8) is 0 Å². The van der Waals surface area contributed by atoms with Gasteiger partial charge in [-0.15, -0.1) is 0 Å². The highest BCUT2D eigenvalue weighted by Crippen LogP contribution is 2.01. The number of pyridine rings is 1. The maximum Gasteiger partial charge on any atom is 0.403 e. The lowest BCUT2D eigenvalue weighted by Crippen LogP contribution is -2.18. The third-order valence-corrected chi connectivity index (χ3v) is 1.10. The van der Waals surface area contributed by atoms with Gasteiger partial charge in [-0.1, -0.05) is 0 Å². The second-order valence-corrected chi connectivity index (χ2v) is 1.81. The lowest BCUT2D eigenvalue weighted by Gasteiger charge is -1.89. The summed E-state index contributed by atoms with van der Waals surface area (Å²) in [6, 6.07) is 3.17. The number of hydrogen-bond acceptors (Lipinski definition) is 2. The molecule has 4 heteroatoms. The standard InChI is InChI=1S/C6H6N2O2/c7-4-2-1-3-8-5(4)6(9)10/h1-3H,7H2,(H,9,10)/p+1. The molecule has 0 saturated carbocycles. The number of carboxylic acids is 1. The SMILES string of the molecule is Nc1ccc[nH+]c1C(=O)O. The van der Waals surface area contributed by atoms with Crippen LogP contribution in [0.4, 0.5) is 5.69 Å². The summed E-state index contributed by atoms with van der Waals surface area (Å²) in [6.07, 6.45) is 1.51. The van der Waals surface area contributed by atoms with Crippen molar-refractivity contribution in [2.24, 2.45) is 0 Å². The van der Waals surface area contributed by atoms with Crippen molar-refractivity contribution in [3.05, 3.63) is 24.0 Å². The van der Waals surface area contributed by atoms with Crippen molar-refractivity contribution in [2.75, 3.05) is 5.73 Å². The van der Waals surface area contributed by atoms with Gasteiger partial charge in [-0.3, -0.25) is 0 Å². The van der Waals surface area contributed by atoms with E-state index in [1.807, 2.05) is 0 Å². The summed E-state index contributed by atoms with van der Waals surface area (Å²) in [7, 11) is 0. The number of rotatable bonds is 1. The smallest absolute Gasteiger partial charge is 0.403 e. The zero-order chi connectivity index (χ0) is 7.56. The highest BCUT2D eigenvalue weighted by molar-refractivity contribution is 5.89. The number of aromatic amines is 1. The minimum absolute atomic E-state index is 0.0301. The summed E-state index contributed by atoms with van der Waals surface area (Å²) in [5, 5.41) is 8.45. The maximum atomic E-state index is 10.3. The fourth-order valence-corrected chi connectivity index (χ4v) is 0.635. The minimum atomic E-state index is -1.04. The van der Waals surface area contributed by atoms with Crippen LogP contribution in [-0.4, -0.2) is 11.1 Å². The van der Waals surface area contributed by atoms with Gasteiger partial charge in [0.1, 0.15) is 5.69 Å². The molecule has 10 heavy (non-hydrogen) atoms. The van der Waals surface area contributed by atoms with E-state index in [1.165, 1.54) is 12.3 Å². The van der Waals surface area contributed by atoms with Crippen molar-refractivity contribution < 1.29 is 14.9 Å². The van der Waals surface area contributed by atoms with Crippen molar-refractivity contribution in [3.8, 4) is 0 Å². The second kappa shape index (κ2) is 2.34. The summed E-state index contributed by atoms with van der Waals surface area (Å²) >= 11 is 0. The van der Waals surface area contributed by atoms with Gasteiger partial charge in [0.2, 0.25) is 0 Å². The van der Waals surface area contributed by atoms with Crippen LogP contribution in [0.3, 0.4) is 0 Å². The van der Waals surface area contributed by atoms with Gasteiger partial charge in [0.05, 0.1) is 0 Å². The number of nitrogen functional groups attached to an aromatic ring is 1. The van der Waals surface area contributed by atoms with E-state index in [4.69, 9.17) is 10.8 Å². The average molecular weight is 139 g/mol. The minimum Gasteiger partial charge on any atom is -0.473 e. The van der Waals surface area contributed by atoms with Crippen molar-refractivity contribution in [1.29, 1.82) is 0 Å². The van der Waals surface area contributed by atoms with Gasteiger partial charge < -0.3 is 10.8 Å². The van der Waals surface area contributed by atoms with E-state index in [0.29, 0.717) is 0 Å². The zero-order valence-corrected chi connectivity index (χ0v) is 5.16. The Labute approximate surface area is 57.3 Å². The molecule has 0 fully saturated rings. The normalized spacial score (nSPS) is 9.20. The number of nitrogens with two attached hydrogens (primary N) is 1. The Balaban J connectivity index is 3.15. The Bertz CT molecular complexity index is 260. The molecule has 1 aromatic rings. The molecule has 4 nitrogen and oxygen atoms in total. The van der Waals surface area contributed by atoms with E-state index >= 15 is 0 Å². The van der Waals surface area contributed by atoms with E-state index in [1.54, 1.807) is 6.07 Å². The number of anilines is 1. The fourth-order valence-electron chi connectivity index (χ4n) is 0.635. The molecule has 0 spiro atoms. The number of aromatic carboxylic acids is 1. The molecule has 0 aliphatic rings. The molecule has 0 atom stereocenters. The lowest BCUT2D eigenvalue weighted by atomic mass is 10.3. The summed E-state index contributed by atoms with van der Waals surface area (Å²) < 4.78 is 0. The van der Waals surface area contributed by atoms with Crippen LogP contribution in [0.5, 0.6) is 0 Å². The lowest BCUT2D eigenvalue weighted by molar-refractivity contribution is -0.382. The van der Waals surface area contributed by atoms with E-state index in [0.717, 1.165) is 0 Å². The maximum absolute atomic E-state index is 10.3. The highest BCUT2D eigenvalue weighted by atomic mass is 16.4. The van der Waals surface area contributed by atoms with Crippen LogP contribution in [0.2, 0.25) is 0 Å². The van der Waals surface area contributed by atoms with Crippen LogP contribution >= 0.6 is 0 Å². The average Bonchev–Trinajstić information content (AvgIpc) is 1.88. The van der Waals surface area contributed by atoms with Crippen LogP contribution in [-0.2, 0) is 0 Å². The van der Waals surface area contributed by atoms with Gasteiger partial charge in [-0.25, -0.2) is 9.78 Å². The summed E-state index contributed by atoms with van der Waals surface area (Å²) in [5.74, 6) is -1.04. The molecule has 0 saturated heterocycles. The van der Waals surface area contributed by atoms with E-state index < -0.39 is 5.97 Å². The Morgan fingerprint density at radius 3 is 2.80 bits per heavy atom. The van der Waals surface area contributed by atoms with Gasteiger partial charge >= 0.3 is 11.7 Å². The zero-order valence-electron chi connectivity index (χ0n) is 5.16. The van der Waals surface area contributed by atoms with Crippen molar-refractivity contribution >= 4 is 11.7 Å². The molecule has 1 rings (SSSR count). The first-order chi connectivity index (χ1) is 4.72. The fraction of sp³-hybridized carbons (Fsp3) is 0. The number of carbonyl (C=O) groups is 1. The molecule has 0 aromatic carbocycles. The predicted molar refractivity (Wildman–Crippen MR) is 34.4 cm³/mol. The molecule has 1 aromatic heterocycles. The quantitative estimate of drug-likeness (QED) is 0.564. The van der Waals surface area contributed by atoms with Crippen molar-refractivity contribution in [2.45, 2.75) is 0 Å². The Hall–Kier alpha value is -1.58. The molecular formula is C6H7N2O2+. The van der Waals surface area contributed by atoms with Gasteiger partial charge in [0, 0.05) is 6.07 Å². The first-order valence-corrected chi connectivity index (χ1v) is 2.71. The number of H-pyrrole nitrogens is 1. The van der Waals surface area contributed by atoms with Crippen LogP contribution in [0.1, 0.15) is 10.5 Å². The van der Waals surface area contributed by atoms with Crippen LogP contribution in [0.25, 0.3) is 0 Å². The molecule has 0 radical (unpaired) electrons. The van der Waals surface area contributed by atoms with Gasteiger partial charge in [0.15, 0.2) is 6.20 Å². The highest BCUT2D eigenvalue weighted by Gasteiger charge is 2.13. The molecule has 0 aliphatic heterocycles. The number of nitrogens with one attached hydrogen (secondary N) is 1. The van der Waals surface area contributed by atoms with Gasteiger partial charge in [-0.05, 0) is 6.07 Å². The summed E-state index contributed by atoms with van der Waals surface area (Å²) in [6.45, 7) is 0. The molecule has 0 bridgehead atoms. The third kappa shape index (κ3) is 1.05. The van der Waals surface area contributed by atoms with Crippen LogP contribution in [0.15, 0.2) is 18.3 Å². The van der Waals surface area contributed by atoms with E-state index in [-0.39, 0.29) is 11.4 Å². The molecule has 1 heterocycles. The van der Waals surface area contributed by atoms with Crippen molar-refractivity contribution in [1.82, 2.24) is 0 Å².